The van der Waals surface area contributed by atoms with Gasteiger partial charge in [0.25, 0.3) is 0 Å². The zero-order valence-electron chi connectivity index (χ0n) is 9.27. The van der Waals surface area contributed by atoms with Crippen molar-refractivity contribution in [1.82, 2.24) is 4.90 Å². The highest BCUT2D eigenvalue weighted by molar-refractivity contribution is 7.09. The molecular weight excluding hydrogens is 208 g/mol. The van der Waals surface area contributed by atoms with Gasteiger partial charge in [0.15, 0.2) is 0 Å². The Morgan fingerprint density at radius 1 is 1.67 bits per heavy atom. The third kappa shape index (κ3) is 3.64. The van der Waals surface area contributed by atoms with Crippen LogP contribution in [0.4, 0.5) is 0 Å². The minimum atomic E-state index is 0.0277. The van der Waals surface area contributed by atoms with Crippen molar-refractivity contribution in [2.45, 2.75) is 19.9 Å². The van der Waals surface area contributed by atoms with E-state index in [0.717, 1.165) is 6.42 Å². The van der Waals surface area contributed by atoms with E-state index in [4.69, 9.17) is 5.73 Å². The number of amides is 1. The van der Waals surface area contributed by atoms with Gasteiger partial charge in [0.1, 0.15) is 0 Å². The van der Waals surface area contributed by atoms with Crippen LogP contribution in [0.3, 0.4) is 0 Å². The third-order valence-corrected chi connectivity index (χ3v) is 3.23. The Hall–Kier alpha value is -0.870. The van der Waals surface area contributed by atoms with E-state index in [0.29, 0.717) is 13.1 Å². The highest BCUT2D eigenvalue weighted by Gasteiger charge is 2.16. The summed E-state index contributed by atoms with van der Waals surface area (Å²) in [5.74, 6) is 0.203. The second-order valence-corrected chi connectivity index (χ2v) is 4.78. The Kier molecular flexibility index (Phi) is 4.78. The monoisotopic (exact) mass is 226 g/mol. The van der Waals surface area contributed by atoms with E-state index in [9.17, 15) is 4.79 Å². The van der Waals surface area contributed by atoms with Gasteiger partial charge in [-0.3, -0.25) is 4.79 Å². The second kappa shape index (κ2) is 5.88. The van der Waals surface area contributed by atoms with E-state index < -0.39 is 0 Å². The molecular formula is C11H18N2OS. The first-order valence-corrected chi connectivity index (χ1v) is 6.00. The Bertz CT molecular complexity index is 298. The first kappa shape index (κ1) is 12.2. The number of carbonyl (C=O) groups is 1. The van der Waals surface area contributed by atoms with Crippen molar-refractivity contribution in [3.8, 4) is 0 Å². The van der Waals surface area contributed by atoms with Crippen molar-refractivity contribution in [2.24, 2.45) is 11.7 Å². The number of nitrogens with zero attached hydrogens (tertiary/aromatic N) is 1. The quantitative estimate of drug-likeness (QED) is 0.830. The van der Waals surface area contributed by atoms with Crippen molar-refractivity contribution in [2.75, 3.05) is 13.6 Å². The van der Waals surface area contributed by atoms with E-state index >= 15 is 0 Å². The number of hydrogen-bond acceptors (Lipinski definition) is 3. The average molecular weight is 226 g/mol. The molecule has 1 aromatic rings. The molecule has 1 unspecified atom stereocenters. The topological polar surface area (TPSA) is 46.3 Å². The lowest BCUT2D eigenvalue weighted by Crippen LogP contribution is -2.31. The molecule has 0 aliphatic rings. The molecule has 0 radical (unpaired) electrons. The van der Waals surface area contributed by atoms with Crippen LogP contribution in [-0.2, 0) is 11.3 Å². The molecule has 0 bridgehead atoms. The summed E-state index contributed by atoms with van der Waals surface area (Å²) in [7, 11) is 1.84. The summed E-state index contributed by atoms with van der Waals surface area (Å²) in [5.41, 5.74) is 5.43. The average Bonchev–Trinajstić information content (AvgIpc) is 2.69. The molecule has 1 aromatic heterocycles. The summed E-state index contributed by atoms with van der Waals surface area (Å²) in [4.78, 5) is 14.8. The van der Waals surface area contributed by atoms with Crippen LogP contribution in [0.15, 0.2) is 17.5 Å². The van der Waals surface area contributed by atoms with Crippen molar-refractivity contribution >= 4 is 17.2 Å². The SMILES string of the molecule is CC(CCN)C(=O)N(C)Cc1cccs1. The van der Waals surface area contributed by atoms with Gasteiger partial charge < -0.3 is 10.6 Å². The number of nitrogens with two attached hydrogens (primary N) is 1. The molecule has 3 nitrogen and oxygen atoms in total. The maximum atomic E-state index is 11.8. The summed E-state index contributed by atoms with van der Waals surface area (Å²) in [6.07, 6.45) is 0.758. The van der Waals surface area contributed by atoms with Gasteiger partial charge >= 0.3 is 0 Å². The lowest BCUT2D eigenvalue weighted by atomic mass is 10.1. The Balaban J connectivity index is 2.46. The summed E-state index contributed by atoms with van der Waals surface area (Å²) in [6.45, 7) is 3.20. The summed E-state index contributed by atoms with van der Waals surface area (Å²) in [5, 5.41) is 2.02. The largest absolute Gasteiger partial charge is 0.340 e. The highest BCUT2D eigenvalue weighted by Crippen LogP contribution is 2.13. The molecule has 84 valence electrons. The predicted octanol–water partition coefficient (Wildman–Crippen LogP) is 1.69. The number of rotatable bonds is 5. The minimum Gasteiger partial charge on any atom is -0.340 e. The Labute approximate surface area is 94.9 Å². The van der Waals surface area contributed by atoms with Crippen LogP contribution in [0.5, 0.6) is 0 Å². The van der Waals surface area contributed by atoms with E-state index in [-0.39, 0.29) is 11.8 Å². The number of carbonyl (C=O) groups excluding carboxylic acids is 1. The van der Waals surface area contributed by atoms with E-state index in [1.807, 2.05) is 31.5 Å². The van der Waals surface area contributed by atoms with E-state index in [1.165, 1.54) is 4.88 Å². The fourth-order valence-corrected chi connectivity index (χ4v) is 2.22. The standard InChI is InChI=1S/C11H18N2OS/c1-9(5-6-12)11(14)13(2)8-10-4-3-7-15-10/h3-4,7,9H,5-6,8,12H2,1-2H3. The fourth-order valence-electron chi connectivity index (χ4n) is 1.46. The molecule has 2 N–H and O–H groups in total. The van der Waals surface area contributed by atoms with Crippen LogP contribution in [0.1, 0.15) is 18.2 Å². The Morgan fingerprint density at radius 2 is 2.40 bits per heavy atom. The Morgan fingerprint density at radius 3 is 2.93 bits per heavy atom. The van der Waals surface area contributed by atoms with E-state index in [2.05, 4.69) is 0 Å². The second-order valence-electron chi connectivity index (χ2n) is 3.75. The molecule has 0 saturated heterocycles. The summed E-state index contributed by atoms with van der Waals surface area (Å²) < 4.78 is 0. The highest BCUT2D eigenvalue weighted by atomic mass is 32.1. The van der Waals surface area contributed by atoms with Gasteiger partial charge in [-0.15, -0.1) is 11.3 Å². The lowest BCUT2D eigenvalue weighted by molar-refractivity contribution is -0.134. The van der Waals surface area contributed by atoms with Crippen LogP contribution >= 0.6 is 11.3 Å². The van der Waals surface area contributed by atoms with Crippen molar-refractivity contribution in [3.63, 3.8) is 0 Å². The first-order chi connectivity index (χ1) is 7.15. The maximum absolute atomic E-state index is 11.8. The normalized spacial score (nSPS) is 12.5. The molecule has 0 aliphatic carbocycles. The summed E-state index contributed by atoms with van der Waals surface area (Å²) >= 11 is 1.68. The lowest BCUT2D eigenvalue weighted by Gasteiger charge is -2.20. The van der Waals surface area contributed by atoms with Gasteiger partial charge in [-0.25, -0.2) is 0 Å². The smallest absolute Gasteiger partial charge is 0.225 e. The molecule has 0 spiro atoms. The van der Waals surface area contributed by atoms with Crippen molar-refractivity contribution < 1.29 is 4.79 Å². The molecule has 0 aliphatic heterocycles. The first-order valence-electron chi connectivity index (χ1n) is 5.12. The molecule has 1 rings (SSSR count). The van der Waals surface area contributed by atoms with Crippen LogP contribution in [-0.4, -0.2) is 24.4 Å². The minimum absolute atomic E-state index is 0.0277. The third-order valence-electron chi connectivity index (χ3n) is 2.37. The molecule has 1 atom stereocenters. The summed E-state index contributed by atoms with van der Waals surface area (Å²) in [6, 6.07) is 4.05. The van der Waals surface area contributed by atoms with Gasteiger partial charge in [0.2, 0.25) is 5.91 Å². The number of hydrogen-bond donors (Lipinski definition) is 1. The predicted molar refractivity (Wildman–Crippen MR) is 63.6 cm³/mol. The van der Waals surface area contributed by atoms with E-state index in [1.54, 1.807) is 16.2 Å². The molecule has 1 heterocycles. The number of thiophene rings is 1. The zero-order chi connectivity index (χ0) is 11.3. The van der Waals surface area contributed by atoms with Crippen LogP contribution in [0.25, 0.3) is 0 Å². The van der Waals surface area contributed by atoms with Gasteiger partial charge in [-0.05, 0) is 24.4 Å². The van der Waals surface area contributed by atoms with Gasteiger partial charge in [0, 0.05) is 17.8 Å². The molecule has 0 aromatic carbocycles. The zero-order valence-corrected chi connectivity index (χ0v) is 10.1. The van der Waals surface area contributed by atoms with Crippen molar-refractivity contribution in [1.29, 1.82) is 0 Å². The maximum Gasteiger partial charge on any atom is 0.225 e. The van der Waals surface area contributed by atoms with Gasteiger partial charge in [-0.1, -0.05) is 13.0 Å². The molecule has 4 heteroatoms. The fraction of sp³-hybridized carbons (Fsp3) is 0.545. The van der Waals surface area contributed by atoms with Crippen LogP contribution in [0.2, 0.25) is 0 Å². The van der Waals surface area contributed by atoms with Crippen LogP contribution < -0.4 is 5.73 Å². The molecule has 15 heavy (non-hydrogen) atoms. The van der Waals surface area contributed by atoms with Crippen LogP contribution in [0, 0.1) is 5.92 Å². The van der Waals surface area contributed by atoms with Gasteiger partial charge in [-0.2, -0.15) is 0 Å². The molecule has 0 saturated carbocycles. The van der Waals surface area contributed by atoms with Gasteiger partial charge in [0.05, 0.1) is 6.54 Å². The van der Waals surface area contributed by atoms with Crippen molar-refractivity contribution in [3.05, 3.63) is 22.4 Å². The molecule has 0 fully saturated rings. The molecule has 1 amide bonds.